The van der Waals surface area contributed by atoms with Crippen molar-refractivity contribution in [3.63, 3.8) is 0 Å². The molecule has 2 N–H and O–H groups in total. The van der Waals surface area contributed by atoms with Crippen molar-refractivity contribution in [2.75, 3.05) is 12.8 Å². The Labute approximate surface area is 89.8 Å². The lowest BCUT2D eigenvalue weighted by atomic mass is 10.2. The van der Waals surface area contributed by atoms with E-state index in [1.807, 2.05) is 19.2 Å². The number of methoxy groups -OCH3 is 1. The second-order valence-corrected chi connectivity index (χ2v) is 3.87. The first-order chi connectivity index (χ1) is 6.63. The molecule has 0 bridgehead atoms. The molecular formula is C9H10BrN3O. The van der Waals surface area contributed by atoms with Gasteiger partial charge < -0.3 is 10.5 Å². The topological polar surface area (TPSA) is 53.1 Å². The molecule has 1 aromatic heterocycles. The van der Waals surface area contributed by atoms with E-state index in [1.165, 1.54) is 0 Å². The normalized spacial score (nSPS) is 10.8. The van der Waals surface area contributed by atoms with Gasteiger partial charge in [-0.05, 0) is 22.0 Å². The van der Waals surface area contributed by atoms with E-state index in [4.69, 9.17) is 10.5 Å². The lowest BCUT2D eigenvalue weighted by Gasteiger charge is -2.03. The summed E-state index contributed by atoms with van der Waals surface area (Å²) < 4.78 is 7.81. The summed E-state index contributed by atoms with van der Waals surface area (Å²) in [5, 5.41) is 5.06. The predicted octanol–water partition coefficient (Wildman–Crippen LogP) is 1.93. The molecular weight excluding hydrogens is 246 g/mol. The van der Waals surface area contributed by atoms with Crippen molar-refractivity contribution in [3.8, 4) is 5.75 Å². The van der Waals surface area contributed by atoms with Gasteiger partial charge in [0, 0.05) is 18.5 Å². The van der Waals surface area contributed by atoms with Crippen LogP contribution in [0.25, 0.3) is 10.9 Å². The Bertz CT molecular complexity index is 492. The molecule has 0 aliphatic heterocycles. The molecule has 0 aliphatic rings. The third kappa shape index (κ3) is 1.24. The highest BCUT2D eigenvalue weighted by atomic mass is 79.9. The van der Waals surface area contributed by atoms with Gasteiger partial charge in [0.1, 0.15) is 5.75 Å². The minimum Gasteiger partial charge on any atom is -0.495 e. The molecule has 2 rings (SSSR count). The van der Waals surface area contributed by atoms with Gasteiger partial charge in [0.05, 0.1) is 17.1 Å². The number of halogens is 1. The lowest BCUT2D eigenvalue weighted by molar-refractivity contribution is 0.412. The number of anilines is 1. The second kappa shape index (κ2) is 3.16. The third-order valence-corrected chi connectivity index (χ3v) is 2.77. The molecule has 0 amide bonds. The Morgan fingerprint density at radius 3 is 2.86 bits per heavy atom. The van der Waals surface area contributed by atoms with E-state index in [0.29, 0.717) is 5.82 Å². The zero-order valence-corrected chi connectivity index (χ0v) is 9.50. The van der Waals surface area contributed by atoms with Gasteiger partial charge in [-0.25, -0.2) is 0 Å². The summed E-state index contributed by atoms with van der Waals surface area (Å²) in [4.78, 5) is 0. The molecule has 0 spiro atoms. The molecule has 0 atom stereocenters. The summed E-state index contributed by atoms with van der Waals surface area (Å²) >= 11 is 3.40. The van der Waals surface area contributed by atoms with Gasteiger partial charge in [-0.2, -0.15) is 5.10 Å². The predicted molar refractivity (Wildman–Crippen MR) is 59.4 cm³/mol. The number of aryl methyl sites for hydroxylation is 1. The number of fused-ring (bicyclic) bond motifs is 1. The summed E-state index contributed by atoms with van der Waals surface area (Å²) in [7, 11) is 3.48. The molecule has 0 saturated carbocycles. The average molecular weight is 256 g/mol. The number of nitrogens with two attached hydrogens (primary N) is 1. The number of aromatic nitrogens is 2. The van der Waals surface area contributed by atoms with Gasteiger partial charge in [-0.1, -0.05) is 0 Å². The van der Waals surface area contributed by atoms with Crippen LogP contribution < -0.4 is 10.5 Å². The van der Waals surface area contributed by atoms with Crippen molar-refractivity contribution in [1.29, 1.82) is 0 Å². The minimum atomic E-state index is 0.533. The van der Waals surface area contributed by atoms with Gasteiger partial charge in [0.15, 0.2) is 5.82 Å². The van der Waals surface area contributed by atoms with Crippen LogP contribution in [0.2, 0.25) is 0 Å². The fourth-order valence-corrected chi connectivity index (χ4v) is 1.95. The standard InChI is InChI=1S/C9H10BrN3O/c1-13-7-4-8(14-2)6(10)3-5(7)9(11)12-13/h3-4H,1-2H3,(H2,11,12). The molecule has 4 nitrogen and oxygen atoms in total. The molecule has 5 heteroatoms. The summed E-state index contributed by atoms with van der Waals surface area (Å²) in [5.74, 6) is 1.31. The Balaban J connectivity index is 2.82. The van der Waals surface area contributed by atoms with Crippen LogP contribution in [0.5, 0.6) is 5.75 Å². The highest BCUT2D eigenvalue weighted by molar-refractivity contribution is 9.10. The number of rotatable bonds is 1. The van der Waals surface area contributed by atoms with Crippen LogP contribution >= 0.6 is 15.9 Å². The molecule has 1 aromatic carbocycles. The van der Waals surface area contributed by atoms with Gasteiger partial charge in [-0.3, -0.25) is 4.68 Å². The number of ether oxygens (including phenoxy) is 1. The Morgan fingerprint density at radius 2 is 2.21 bits per heavy atom. The zero-order valence-electron chi connectivity index (χ0n) is 7.91. The molecule has 0 radical (unpaired) electrons. The molecule has 74 valence electrons. The molecule has 0 saturated heterocycles. The molecule has 0 unspecified atom stereocenters. The number of benzene rings is 1. The van der Waals surface area contributed by atoms with E-state index in [1.54, 1.807) is 11.8 Å². The first-order valence-corrected chi connectivity index (χ1v) is 4.88. The van der Waals surface area contributed by atoms with Crippen molar-refractivity contribution in [3.05, 3.63) is 16.6 Å². The summed E-state index contributed by atoms with van der Waals surface area (Å²) in [6.07, 6.45) is 0. The van der Waals surface area contributed by atoms with E-state index in [2.05, 4.69) is 21.0 Å². The highest BCUT2D eigenvalue weighted by Gasteiger charge is 2.09. The van der Waals surface area contributed by atoms with Crippen LogP contribution in [0.4, 0.5) is 5.82 Å². The van der Waals surface area contributed by atoms with Gasteiger partial charge >= 0.3 is 0 Å². The van der Waals surface area contributed by atoms with Crippen LogP contribution in [0.3, 0.4) is 0 Å². The number of hydrogen-bond donors (Lipinski definition) is 1. The van der Waals surface area contributed by atoms with E-state index >= 15 is 0 Å². The second-order valence-electron chi connectivity index (χ2n) is 3.01. The molecule has 2 aromatic rings. The molecule has 0 fully saturated rings. The Hall–Kier alpha value is -1.23. The summed E-state index contributed by atoms with van der Waals surface area (Å²) in [6, 6.07) is 3.82. The maximum absolute atomic E-state index is 5.74. The zero-order chi connectivity index (χ0) is 10.3. The van der Waals surface area contributed by atoms with Crippen molar-refractivity contribution >= 4 is 32.7 Å². The Morgan fingerprint density at radius 1 is 1.50 bits per heavy atom. The van der Waals surface area contributed by atoms with E-state index in [-0.39, 0.29) is 0 Å². The van der Waals surface area contributed by atoms with E-state index in [9.17, 15) is 0 Å². The minimum absolute atomic E-state index is 0.533. The smallest absolute Gasteiger partial charge is 0.153 e. The average Bonchev–Trinajstić information content (AvgIpc) is 2.41. The van der Waals surface area contributed by atoms with Gasteiger partial charge in [0.25, 0.3) is 0 Å². The summed E-state index contributed by atoms with van der Waals surface area (Å²) in [6.45, 7) is 0. The maximum atomic E-state index is 5.74. The first kappa shape index (κ1) is 9.33. The monoisotopic (exact) mass is 255 g/mol. The molecule has 1 heterocycles. The van der Waals surface area contributed by atoms with Crippen molar-refractivity contribution in [2.45, 2.75) is 0 Å². The largest absolute Gasteiger partial charge is 0.495 e. The van der Waals surface area contributed by atoms with Crippen LogP contribution in [-0.4, -0.2) is 16.9 Å². The van der Waals surface area contributed by atoms with Gasteiger partial charge in [0.2, 0.25) is 0 Å². The number of nitrogen functional groups attached to an aromatic ring is 1. The van der Waals surface area contributed by atoms with Crippen LogP contribution in [0, 0.1) is 0 Å². The van der Waals surface area contributed by atoms with Crippen LogP contribution in [-0.2, 0) is 7.05 Å². The lowest BCUT2D eigenvalue weighted by Crippen LogP contribution is -1.91. The van der Waals surface area contributed by atoms with Crippen molar-refractivity contribution < 1.29 is 4.74 Å². The fraction of sp³-hybridized carbons (Fsp3) is 0.222. The summed E-state index contributed by atoms with van der Waals surface area (Å²) in [5.41, 5.74) is 6.70. The maximum Gasteiger partial charge on any atom is 0.153 e. The van der Waals surface area contributed by atoms with E-state index < -0.39 is 0 Å². The number of nitrogens with zero attached hydrogens (tertiary/aromatic N) is 2. The van der Waals surface area contributed by atoms with Gasteiger partial charge in [-0.15, -0.1) is 0 Å². The van der Waals surface area contributed by atoms with Crippen LogP contribution in [0.1, 0.15) is 0 Å². The van der Waals surface area contributed by atoms with Crippen molar-refractivity contribution in [2.24, 2.45) is 7.05 Å². The quantitative estimate of drug-likeness (QED) is 0.848. The SMILES string of the molecule is COc1cc2c(cc1Br)c(N)nn2C. The molecule has 14 heavy (non-hydrogen) atoms. The van der Waals surface area contributed by atoms with Crippen molar-refractivity contribution in [1.82, 2.24) is 9.78 Å². The number of hydrogen-bond acceptors (Lipinski definition) is 3. The highest BCUT2D eigenvalue weighted by Crippen LogP contribution is 2.32. The molecule has 0 aliphatic carbocycles. The van der Waals surface area contributed by atoms with E-state index in [0.717, 1.165) is 21.1 Å². The third-order valence-electron chi connectivity index (χ3n) is 2.15. The fourth-order valence-electron chi connectivity index (χ4n) is 1.44. The first-order valence-electron chi connectivity index (χ1n) is 4.09. The Kier molecular flexibility index (Phi) is 2.11. The van der Waals surface area contributed by atoms with Crippen LogP contribution in [0.15, 0.2) is 16.6 Å².